The van der Waals surface area contributed by atoms with Crippen LogP contribution in [0.5, 0.6) is 11.5 Å². The van der Waals surface area contributed by atoms with Crippen LogP contribution in [0.3, 0.4) is 0 Å². The quantitative estimate of drug-likeness (QED) is 0.280. The van der Waals surface area contributed by atoms with Crippen LogP contribution >= 0.6 is 30.5 Å². The molecule has 143 valence electrons. The Bertz CT molecular complexity index is 403. The summed E-state index contributed by atoms with van der Waals surface area (Å²) in [4.78, 5) is 0. The number of hydrogen-bond donors (Lipinski definition) is 0. The normalized spacial score (nSPS) is 11.5. The maximum atomic E-state index is 6.27. The zero-order valence-electron chi connectivity index (χ0n) is 16.0. The second-order valence-corrected chi connectivity index (χ2v) is 12.7. The van der Waals surface area contributed by atoms with Gasteiger partial charge in [-0.15, -0.1) is 0 Å². The molecule has 0 aliphatic rings. The number of benzene rings is 1. The molecule has 0 N–H and O–H groups in total. The first-order valence-corrected chi connectivity index (χ1v) is 13.6. The van der Waals surface area contributed by atoms with Crippen LogP contribution in [-0.2, 0) is 13.7 Å². The second kappa shape index (κ2) is 12.9. The summed E-state index contributed by atoms with van der Waals surface area (Å²) in [6.07, 6.45) is 0. The fraction of sp³-hybridized carbons (Fsp3) is 0.667. The Hall–Kier alpha value is 0.654. The minimum atomic E-state index is -0.463. The van der Waals surface area contributed by atoms with Gasteiger partial charge in [0, 0.05) is 28.7 Å². The van der Waals surface area contributed by atoms with E-state index in [4.69, 9.17) is 9.05 Å². The van der Waals surface area contributed by atoms with Crippen molar-refractivity contribution in [1.29, 1.82) is 0 Å². The topological polar surface area (TPSA) is 18.5 Å². The summed E-state index contributed by atoms with van der Waals surface area (Å²) in [5, 5.41) is 0. The summed E-state index contributed by atoms with van der Waals surface area (Å²) in [5.74, 6) is 1.88. The number of rotatable bonds is 8. The summed E-state index contributed by atoms with van der Waals surface area (Å²) in [5.41, 5.74) is 2.23. The third-order valence-corrected chi connectivity index (χ3v) is 8.18. The van der Waals surface area contributed by atoms with E-state index < -0.39 is 16.3 Å². The van der Waals surface area contributed by atoms with E-state index in [2.05, 4.69) is 89.4 Å². The molecule has 6 heteroatoms. The summed E-state index contributed by atoms with van der Waals surface area (Å²) < 4.78 is 12.5. The van der Waals surface area contributed by atoms with E-state index in [1.807, 2.05) is 18.2 Å². The van der Waals surface area contributed by atoms with Gasteiger partial charge in [0.25, 0.3) is 0 Å². The minimum absolute atomic E-state index is 0.463. The average molecular weight is 481 g/mol. The van der Waals surface area contributed by atoms with Crippen LogP contribution in [-0.4, -0.2) is 22.6 Å². The fourth-order valence-electron chi connectivity index (χ4n) is 2.45. The first-order valence-electron chi connectivity index (χ1n) is 8.37. The number of halogens is 1. The van der Waals surface area contributed by atoms with Gasteiger partial charge in [-0.2, -0.15) is 0 Å². The van der Waals surface area contributed by atoms with E-state index >= 15 is 0 Å². The molecule has 0 heterocycles. The molecule has 0 bridgehead atoms. The van der Waals surface area contributed by atoms with Crippen LogP contribution in [0, 0.1) is 0 Å². The predicted octanol–water partition coefficient (Wildman–Crippen LogP) is 7.71. The number of hydrogen-bond acceptors (Lipinski definition) is 2. The molecule has 0 fully saturated rings. The molecule has 0 radical (unpaired) electrons. The second-order valence-electron chi connectivity index (χ2n) is 6.75. The van der Waals surface area contributed by atoms with E-state index in [1.165, 1.54) is 0 Å². The monoisotopic (exact) mass is 479 g/mol. The SMILES string of the molecule is CC(C)P(Oc1cccc(OP(C(C)C)C(C)C)c1)C(C)C.[Ni][Br]. The van der Waals surface area contributed by atoms with Gasteiger partial charge in [0.15, 0.2) is 0 Å². The fourth-order valence-corrected chi connectivity index (χ4v) is 6.39. The van der Waals surface area contributed by atoms with Gasteiger partial charge in [-0.3, -0.25) is 0 Å². The van der Waals surface area contributed by atoms with Gasteiger partial charge in [0.2, 0.25) is 0 Å². The molecule has 0 amide bonds. The molecule has 0 saturated heterocycles. The van der Waals surface area contributed by atoms with E-state index in [0.717, 1.165) is 11.5 Å². The third kappa shape index (κ3) is 8.84. The van der Waals surface area contributed by atoms with E-state index in [-0.39, 0.29) is 0 Å². The molecular formula is C18H32BrNiO2P2. The van der Waals surface area contributed by atoms with Gasteiger partial charge in [-0.1, -0.05) is 61.5 Å². The molecule has 1 aromatic rings. The van der Waals surface area contributed by atoms with Crippen molar-refractivity contribution >= 4 is 30.5 Å². The van der Waals surface area contributed by atoms with Crippen molar-refractivity contribution in [2.24, 2.45) is 0 Å². The maximum absolute atomic E-state index is 6.27. The van der Waals surface area contributed by atoms with Crippen LogP contribution in [0.4, 0.5) is 0 Å². The summed E-state index contributed by atoms with van der Waals surface area (Å²) in [6.45, 7) is 17.9. The van der Waals surface area contributed by atoms with E-state index in [0.29, 0.717) is 22.6 Å². The van der Waals surface area contributed by atoms with Crippen molar-refractivity contribution in [2.45, 2.75) is 78.0 Å². The summed E-state index contributed by atoms with van der Waals surface area (Å²) >= 11 is 6.25. The molecule has 24 heavy (non-hydrogen) atoms. The first kappa shape index (κ1) is 24.7. The molecule has 1 rings (SSSR count). The Kier molecular flexibility index (Phi) is 13.3. The molecule has 1 aromatic carbocycles. The molecule has 0 saturated carbocycles. The third-order valence-electron chi connectivity index (χ3n) is 3.26. The molecule has 0 aliphatic carbocycles. The van der Waals surface area contributed by atoms with Crippen molar-refractivity contribution in [3.63, 3.8) is 0 Å². The van der Waals surface area contributed by atoms with Crippen molar-refractivity contribution in [1.82, 2.24) is 0 Å². The van der Waals surface area contributed by atoms with Gasteiger partial charge in [-0.05, 0) is 12.1 Å². The molecule has 0 spiro atoms. The summed E-state index contributed by atoms with van der Waals surface area (Å²) in [6, 6.07) is 8.17. The van der Waals surface area contributed by atoms with Crippen molar-refractivity contribution < 1.29 is 22.7 Å². The predicted molar refractivity (Wildman–Crippen MR) is 111 cm³/mol. The van der Waals surface area contributed by atoms with Crippen LogP contribution in [0.1, 0.15) is 55.4 Å². The van der Waals surface area contributed by atoms with Gasteiger partial charge in [0.05, 0.1) is 16.3 Å². The first-order chi connectivity index (χ1) is 11.2. The van der Waals surface area contributed by atoms with Crippen LogP contribution in [0.15, 0.2) is 24.3 Å². The van der Waals surface area contributed by atoms with Crippen LogP contribution < -0.4 is 9.05 Å². The standard InChI is InChI=1S/C18H32O2P2.BrH.Ni/c1-13(2)21(14(3)4)19-17-10-9-11-18(12-17)20-22(15(5)6)16(7)8;;/h9-16H,1-8H3;1H;/q;;+1/p-1. The van der Waals surface area contributed by atoms with Crippen LogP contribution in [0.2, 0.25) is 0 Å². The molecular weight excluding hydrogens is 449 g/mol. The van der Waals surface area contributed by atoms with Gasteiger partial charge in [0.1, 0.15) is 11.5 Å². The van der Waals surface area contributed by atoms with Crippen molar-refractivity contribution in [2.75, 3.05) is 0 Å². The Morgan fingerprint density at radius 1 is 0.708 bits per heavy atom. The van der Waals surface area contributed by atoms with E-state index in [1.54, 1.807) is 0 Å². The molecule has 0 unspecified atom stereocenters. The van der Waals surface area contributed by atoms with E-state index in [9.17, 15) is 0 Å². The zero-order chi connectivity index (χ0) is 18.9. The van der Waals surface area contributed by atoms with Gasteiger partial charge < -0.3 is 9.05 Å². The average Bonchev–Trinajstić information content (AvgIpc) is 2.51. The van der Waals surface area contributed by atoms with Gasteiger partial charge in [-0.25, -0.2) is 0 Å². The molecule has 0 aliphatic heterocycles. The summed E-state index contributed by atoms with van der Waals surface area (Å²) in [7, 11) is -0.926. The Morgan fingerprint density at radius 3 is 1.25 bits per heavy atom. The molecule has 0 aromatic heterocycles. The molecule has 2 nitrogen and oxygen atoms in total. The zero-order valence-corrected chi connectivity index (χ0v) is 20.4. The van der Waals surface area contributed by atoms with Crippen molar-refractivity contribution in [3.05, 3.63) is 24.3 Å². The Balaban J connectivity index is 0.00000254. The molecule has 0 atom stereocenters. The Morgan fingerprint density at radius 2 is 1.00 bits per heavy atom. The Labute approximate surface area is 166 Å². The van der Waals surface area contributed by atoms with Crippen molar-refractivity contribution in [3.8, 4) is 11.5 Å². The van der Waals surface area contributed by atoms with Gasteiger partial charge >= 0.3 is 27.9 Å². The van der Waals surface area contributed by atoms with Crippen LogP contribution in [0.25, 0.3) is 0 Å².